The van der Waals surface area contributed by atoms with E-state index in [4.69, 9.17) is 0 Å². The summed E-state index contributed by atoms with van der Waals surface area (Å²) in [6.07, 6.45) is 0. The third kappa shape index (κ3) is 6.11. The molecule has 1 aromatic rings. The highest BCUT2D eigenvalue weighted by Gasteiger charge is 2.05. The molecule has 0 aliphatic heterocycles. The van der Waals surface area contributed by atoms with Crippen LogP contribution in [-0.4, -0.2) is 19.1 Å². The molecule has 0 aromatic heterocycles. The van der Waals surface area contributed by atoms with Crippen LogP contribution >= 0.6 is 22.6 Å². The van der Waals surface area contributed by atoms with Crippen molar-refractivity contribution in [3.05, 3.63) is 33.1 Å². The van der Waals surface area contributed by atoms with Gasteiger partial charge in [-0.15, -0.1) is 0 Å². The average Bonchev–Trinajstić information content (AvgIpc) is 2.27. The first-order chi connectivity index (χ1) is 8.49. The summed E-state index contributed by atoms with van der Waals surface area (Å²) in [6, 6.07) is 5.34. The number of rotatable bonds is 7. The molecule has 1 atom stereocenters. The maximum absolute atomic E-state index is 13.0. The zero-order chi connectivity index (χ0) is 13.5. The summed E-state index contributed by atoms with van der Waals surface area (Å²) in [7, 11) is 0. The molecule has 0 radical (unpaired) electrons. The minimum atomic E-state index is -0.171. The van der Waals surface area contributed by atoms with Gasteiger partial charge in [-0.3, -0.25) is 0 Å². The van der Waals surface area contributed by atoms with Crippen LogP contribution in [0.15, 0.2) is 18.2 Å². The Bertz CT molecular complexity index is 369. The predicted octanol–water partition coefficient (Wildman–Crippen LogP) is 3.15. The summed E-state index contributed by atoms with van der Waals surface area (Å²) in [4.78, 5) is 0. The Morgan fingerprint density at radius 2 is 1.94 bits per heavy atom. The minimum absolute atomic E-state index is 0.171. The molecule has 0 spiro atoms. The lowest BCUT2D eigenvalue weighted by molar-refractivity contribution is 0.471. The second kappa shape index (κ2) is 8.07. The van der Waals surface area contributed by atoms with Crippen molar-refractivity contribution in [2.75, 3.05) is 13.1 Å². The van der Waals surface area contributed by atoms with E-state index in [9.17, 15) is 4.39 Å². The van der Waals surface area contributed by atoms with Crippen LogP contribution in [0.5, 0.6) is 0 Å². The lowest BCUT2D eigenvalue weighted by atomic mass is 10.2. The molecule has 18 heavy (non-hydrogen) atoms. The van der Waals surface area contributed by atoms with Gasteiger partial charge in [0.15, 0.2) is 0 Å². The normalized spacial score (nSPS) is 13.0. The molecular formula is C14H22FIN2. The van der Waals surface area contributed by atoms with Crippen LogP contribution in [-0.2, 0) is 6.54 Å². The minimum Gasteiger partial charge on any atom is -0.315 e. The number of benzene rings is 1. The standard InChI is InChI=1S/C14H22FIN2/c1-10(2)7-17-8-11(3)18-9-12-4-5-13(15)6-14(12)16/h4-6,10-11,17-18H,7-9H2,1-3H3. The molecule has 4 heteroatoms. The number of hydrogen-bond acceptors (Lipinski definition) is 2. The van der Waals surface area contributed by atoms with Crippen molar-refractivity contribution < 1.29 is 4.39 Å². The van der Waals surface area contributed by atoms with Gasteiger partial charge in [0.25, 0.3) is 0 Å². The third-order valence-corrected chi connectivity index (χ3v) is 3.66. The van der Waals surface area contributed by atoms with Crippen molar-refractivity contribution >= 4 is 22.6 Å². The molecule has 2 N–H and O–H groups in total. The topological polar surface area (TPSA) is 24.1 Å². The number of hydrogen-bond donors (Lipinski definition) is 2. The molecule has 0 saturated heterocycles. The van der Waals surface area contributed by atoms with Crippen LogP contribution in [0.25, 0.3) is 0 Å². The maximum atomic E-state index is 13.0. The SMILES string of the molecule is CC(C)CNCC(C)NCc1ccc(F)cc1I. The van der Waals surface area contributed by atoms with Gasteiger partial charge < -0.3 is 10.6 Å². The van der Waals surface area contributed by atoms with Crippen LogP contribution in [0.1, 0.15) is 26.3 Å². The lowest BCUT2D eigenvalue weighted by Gasteiger charge is -2.16. The van der Waals surface area contributed by atoms with Crippen molar-refractivity contribution in [1.29, 1.82) is 0 Å². The summed E-state index contributed by atoms with van der Waals surface area (Å²) < 4.78 is 13.9. The highest BCUT2D eigenvalue weighted by Crippen LogP contribution is 2.13. The zero-order valence-electron chi connectivity index (χ0n) is 11.3. The number of nitrogens with one attached hydrogen (secondary N) is 2. The van der Waals surface area contributed by atoms with Crippen molar-refractivity contribution in [3.63, 3.8) is 0 Å². The Hall–Kier alpha value is -0.200. The summed E-state index contributed by atoms with van der Waals surface area (Å²) in [6.45, 7) is 9.33. The monoisotopic (exact) mass is 364 g/mol. The van der Waals surface area contributed by atoms with Gasteiger partial charge in [0.05, 0.1) is 0 Å². The third-order valence-electron chi connectivity index (χ3n) is 2.66. The molecule has 2 nitrogen and oxygen atoms in total. The average molecular weight is 364 g/mol. The summed E-state index contributed by atoms with van der Waals surface area (Å²) in [5.41, 5.74) is 1.15. The lowest BCUT2D eigenvalue weighted by Crippen LogP contribution is -2.37. The van der Waals surface area contributed by atoms with Crippen LogP contribution < -0.4 is 10.6 Å². The quantitative estimate of drug-likeness (QED) is 0.727. The van der Waals surface area contributed by atoms with E-state index in [2.05, 4.69) is 54.0 Å². The smallest absolute Gasteiger partial charge is 0.124 e. The van der Waals surface area contributed by atoms with Gasteiger partial charge in [0.1, 0.15) is 5.82 Å². The van der Waals surface area contributed by atoms with Crippen LogP contribution in [0.2, 0.25) is 0 Å². The second-order valence-corrected chi connectivity index (χ2v) is 6.23. The molecule has 1 aromatic carbocycles. The van der Waals surface area contributed by atoms with Crippen LogP contribution in [0.4, 0.5) is 4.39 Å². The van der Waals surface area contributed by atoms with Gasteiger partial charge in [-0.1, -0.05) is 19.9 Å². The Balaban J connectivity index is 2.31. The molecule has 102 valence electrons. The van der Waals surface area contributed by atoms with E-state index in [-0.39, 0.29) is 5.82 Å². The molecule has 1 rings (SSSR count). The second-order valence-electron chi connectivity index (χ2n) is 5.07. The Morgan fingerprint density at radius 3 is 2.56 bits per heavy atom. The number of halogens is 2. The largest absolute Gasteiger partial charge is 0.315 e. The summed E-state index contributed by atoms with van der Waals surface area (Å²) in [5.74, 6) is 0.505. The fourth-order valence-electron chi connectivity index (χ4n) is 1.61. The Labute approximate surface area is 123 Å². The molecule has 0 fully saturated rings. The molecule has 0 aliphatic rings. The first-order valence-corrected chi connectivity index (χ1v) is 7.45. The molecule has 0 amide bonds. The van der Waals surface area contributed by atoms with E-state index in [1.54, 1.807) is 6.07 Å². The van der Waals surface area contributed by atoms with Gasteiger partial charge in [0, 0.05) is 22.7 Å². The van der Waals surface area contributed by atoms with E-state index in [0.717, 1.165) is 28.8 Å². The van der Waals surface area contributed by atoms with Gasteiger partial charge in [-0.2, -0.15) is 0 Å². The first-order valence-electron chi connectivity index (χ1n) is 6.37. The maximum Gasteiger partial charge on any atom is 0.124 e. The Kier molecular flexibility index (Phi) is 7.11. The molecule has 0 heterocycles. The van der Waals surface area contributed by atoms with Crippen molar-refractivity contribution in [2.45, 2.75) is 33.4 Å². The van der Waals surface area contributed by atoms with Gasteiger partial charge >= 0.3 is 0 Å². The van der Waals surface area contributed by atoms with E-state index >= 15 is 0 Å². The fourth-order valence-corrected chi connectivity index (χ4v) is 2.28. The molecule has 0 saturated carbocycles. The van der Waals surface area contributed by atoms with Gasteiger partial charge in [-0.05, 0) is 59.7 Å². The summed E-state index contributed by atoms with van der Waals surface area (Å²) >= 11 is 2.17. The molecule has 1 unspecified atom stereocenters. The molecular weight excluding hydrogens is 342 g/mol. The Morgan fingerprint density at radius 1 is 1.22 bits per heavy atom. The van der Waals surface area contributed by atoms with Gasteiger partial charge in [0.2, 0.25) is 0 Å². The van der Waals surface area contributed by atoms with Gasteiger partial charge in [-0.25, -0.2) is 4.39 Å². The van der Waals surface area contributed by atoms with E-state index in [0.29, 0.717) is 12.0 Å². The van der Waals surface area contributed by atoms with Crippen molar-refractivity contribution in [1.82, 2.24) is 10.6 Å². The van der Waals surface area contributed by atoms with Crippen molar-refractivity contribution in [3.8, 4) is 0 Å². The predicted molar refractivity (Wildman–Crippen MR) is 83.1 cm³/mol. The highest BCUT2D eigenvalue weighted by atomic mass is 127. The van der Waals surface area contributed by atoms with Crippen LogP contribution in [0.3, 0.4) is 0 Å². The van der Waals surface area contributed by atoms with Crippen LogP contribution in [0, 0.1) is 15.3 Å². The molecule has 0 aliphatic carbocycles. The fraction of sp³-hybridized carbons (Fsp3) is 0.571. The zero-order valence-corrected chi connectivity index (χ0v) is 13.4. The van der Waals surface area contributed by atoms with E-state index in [1.807, 2.05) is 6.07 Å². The van der Waals surface area contributed by atoms with E-state index < -0.39 is 0 Å². The van der Waals surface area contributed by atoms with Crippen molar-refractivity contribution in [2.24, 2.45) is 5.92 Å². The summed E-state index contributed by atoms with van der Waals surface area (Å²) in [5, 5.41) is 6.86. The van der Waals surface area contributed by atoms with E-state index in [1.165, 1.54) is 6.07 Å². The first kappa shape index (κ1) is 15.9. The highest BCUT2D eigenvalue weighted by molar-refractivity contribution is 14.1. The molecule has 0 bridgehead atoms.